The molecule has 0 saturated carbocycles. The Hall–Kier alpha value is -2.71. The zero-order chi connectivity index (χ0) is 18.3. The van der Waals surface area contributed by atoms with E-state index in [2.05, 4.69) is 15.2 Å². The van der Waals surface area contributed by atoms with E-state index in [0.717, 1.165) is 11.3 Å². The molecule has 0 heterocycles. The Bertz CT molecular complexity index is 847. The van der Waals surface area contributed by atoms with Gasteiger partial charge in [0.25, 0.3) is 5.91 Å². The van der Waals surface area contributed by atoms with E-state index in [9.17, 15) is 13.2 Å². The molecule has 8 heteroatoms. The van der Waals surface area contributed by atoms with Crippen molar-refractivity contribution >= 4 is 21.6 Å². The summed E-state index contributed by atoms with van der Waals surface area (Å²) in [4.78, 5) is 11.9. The van der Waals surface area contributed by atoms with Crippen molar-refractivity contribution in [1.29, 1.82) is 0 Å². The number of nitrogens with zero attached hydrogens (tertiary/aromatic N) is 1. The van der Waals surface area contributed by atoms with Gasteiger partial charge in [0, 0.05) is 0 Å². The normalized spacial score (nSPS) is 11.8. The van der Waals surface area contributed by atoms with Gasteiger partial charge in [0.2, 0.25) is 10.0 Å². The molecule has 0 atom stereocenters. The number of hydrogen-bond donors (Lipinski definition) is 2. The monoisotopic (exact) mass is 361 g/mol. The molecule has 7 nitrogen and oxygen atoms in total. The van der Waals surface area contributed by atoms with Crippen LogP contribution in [0.4, 0.5) is 0 Å². The van der Waals surface area contributed by atoms with E-state index < -0.39 is 22.5 Å². The van der Waals surface area contributed by atoms with Crippen LogP contribution < -0.4 is 14.9 Å². The van der Waals surface area contributed by atoms with Crippen LogP contribution >= 0.6 is 0 Å². The maximum absolute atomic E-state index is 12.0. The number of methoxy groups -OCH3 is 1. The van der Waals surface area contributed by atoms with Gasteiger partial charge < -0.3 is 4.74 Å². The summed E-state index contributed by atoms with van der Waals surface area (Å²) in [5.41, 5.74) is 3.72. The van der Waals surface area contributed by atoms with Gasteiger partial charge in [0.1, 0.15) is 5.75 Å². The predicted molar refractivity (Wildman–Crippen MR) is 95.0 cm³/mol. The molecule has 25 heavy (non-hydrogen) atoms. The van der Waals surface area contributed by atoms with Gasteiger partial charge in [-0.3, -0.25) is 4.79 Å². The van der Waals surface area contributed by atoms with Crippen LogP contribution in [0.5, 0.6) is 5.75 Å². The van der Waals surface area contributed by atoms with Crippen molar-refractivity contribution in [2.24, 2.45) is 5.10 Å². The Balaban J connectivity index is 1.91. The highest BCUT2D eigenvalue weighted by molar-refractivity contribution is 7.89. The third kappa shape index (κ3) is 5.40. The van der Waals surface area contributed by atoms with Crippen LogP contribution in [-0.2, 0) is 14.8 Å². The van der Waals surface area contributed by atoms with Crippen LogP contribution in [0.25, 0.3) is 0 Å². The molecule has 0 radical (unpaired) electrons. The first kappa shape index (κ1) is 18.6. The topological polar surface area (TPSA) is 96.9 Å². The van der Waals surface area contributed by atoms with Crippen LogP contribution in [0.3, 0.4) is 0 Å². The minimum atomic E-state index is -3.73. The zero-order valence-electron chi connectivity index (χ0n) is 13.9. The molecule has 0 aliphatic carbocycles. The molecular formula is C17H19N3O4S. The Morgan fingerprint density at radius 1 is 1.08 bits per heavy atom. The second kappa shape index (κ2) is 8.41. The van der Waals surface area contributed by atoms with E-state index in [1.165, 1.54) is 12.1 Å². The molecule has 0 aliphatic heterocycles. The summed E-state index contributed by atoms with van der Waals surface area (Å²) in [5, 5.41) is 3.96. The molecule has 2 aromatic rings. The first-order chi connectivity index (χ1) is 11.9. The first-order valence-corrected chi connectivity index (χ1v) is 8.93. The van der Waals surface area contributed by atoms with Crippen molar-refractivity contribution in [1.82, 2.24) is 10.1 Å². The molecule has 0 spiro atoms. The highest BCUT2D eigenvalue weighted by Crippen LogP contribution is 2.11. The Kier molecular flexibility index (Phi) is 6.26. The molecule has 1 amide bonds. The van der Waals surface area contributed by atoms with E-state index in [0.29, 0.717) is 5.71 Å². The van der Waals surface area contributed by atoms with Crippen molar-refractivity contribution < 1.29 is 17.9 Å². The van der Waals surface area contributed by atoms with Gasteiger partial charge in [0.15, 0.2) is 0 Å². The maximum atomic E-state index is 12.0. The number of ether oxygens (including phenoxy) is 1. The molecule has 2 N–H and O–H groups in total. The van der Waals surface area contributed by atoms with E-state index in [-0.39, 0.29) is 4.90 Å². The van der Waals surface area contributed by atoms with E-state index in [1.54, 1.807) is 44.4 Å². The Labute approximate surface area is 146 Å². The smallest absolute Gasteiger partial charge is 0.255 e. The molecular weight excluding hydrogens is 342 g/mol. The fourth-order valence-corrected chi connectivity index (χ4v) is 2.93. The third-order valence-electron chi connectivity index (χ3n) is 3.33. The highest BCUT2D eigenvalue weighted by atomic mass is 32.2. The van der Waals surface area contributed by atoms with E-state index in [4.69, 9.17) is 4.74 Å². The SMILES string of the molecule is COc1ccc(/C(C)=N\NC(=O)CNS(=O)(=O)c2ccccc2)cc1. The largest absolute Gasteiger partial charge is 0.497 e. The van der Waals surface area contributed by atoms with Gasteiger partial charge in [-0.2, -0.15) is 5.10 Å². The molecule has 2 aromatic carbocycles. The third-order valence-corrected chi connectivity index (χ3v) is 4.75. The van der Waals surface area contributed by atoms with Crippen LogP contribution in [0.2, 0.25) is 0 Å². The molecule has 0 unspecified atom stereocenters. The van der Waals surface area contributed by atoms with Crippen LogP contribution in [0.1, 0.15) is 12.5 Å². The number of hydrazone groups is 1. The predicted octanol–water partition coefficient (Wildman–Crippen LogP) is 1.51. The Morgan fingerprint density at radius 2 is 1.72 bits per heavy atom. The number of hydrogen-bond acceptors (Lipinski definition) is 5. The van der Waals surface area contributed by atoms with Gasteiger partial charge in [-0.05, 0) is 48.9 Å². The first-order valence-electron chi connectivity index (χ1n) is 7.44. The summed E-state index contributed by atoms with van der Waals surface area (Å²) in [6.07, 6.45) is 0. The average Bonchev–Trinajstić information content (AvgIpc) is 2.65. The number of carbonyl (C=O) groups excluding carboxylic acids is 1. The van der Waals surface area contributed by atoms with Crippen LogP contribution in [-0.4, -0.2) is 33.7 Å². The number of benzene rings is 2. The van der Waals surface area contributed by atoms with Crippen molar-refractivity contribution in [2.45, 2.75) is 11.8 Å². The van der Waals surface area contributed by atoms with Crippen LogP contribution in [0, 0.1) is 0 Å². The summed E-state index contributed by atoms with van der Waals surface area (Å²) in [5.74, 6) is 0.156. The van der Waals surface area contributed by atoms with Gasteiger partial charge in [-0.1, -0.05) is 18.2 Å². The molecule has 132 valence electrons. The lowest BCUT2D eigenvalue weighted by atomic mass is 10.1. The highest BCUT2D eigenvalue weighted by Gasteiger charge is 2.14. The van der Waals surface area contributed by atoms with Gasteiger partial charge in [-0.25, -0.2) is 18.6 Å². The number of nitrogens with one attached hydrogen (secondary N) is 2. The second-order valence-corrected chi connectivity index (χ2v) is 6.87. The van der Waals surface area contributed by atoms with Gasteiger partial charge >= 0.3 is 0 Å². The standard InChI is InChI=1S/C17H19N3O4S/c1-13(14-8-10-15(24-2)11-9-14)19-20-17(21)12-18-25(22,23)16-6-4-3-5-7-16/h3-11,18H,12H2,1-2H3,(H,20,21)/b19-13-. The minimum absolute atomic E-state index is 0.0979. The van der Waals surface area contributed by atoms with Crippen molar-refractivity contribution in [2.75, 3.05) is 13.7 Å². The molecule has 0 saturated heterocycles. The summed E-state index contributed by atoms with van der Waals surface area (Å²) in [6, 6.07) is 15.0. The Morgan fingerprint density at radius 3 is 2.32 bits per heavy atom. The zero-order valence-corrected chi connectivity index (χ0v) is 14.7. The summed E-state index contributed by atoms with van der Waals surface area (Å²) in [7, 11) is -2.15. The lowest BCUT2D eigenvalue weighted by Crippen LogP contribution is -2.35. The lowest BCUT2D eigenvalue weighted by molar-refractivity contribution is -0.119. The minimum Gasteiger partial charge on any atom is -0.497 e. The average molecular weight is 361 g/mol. The van der Waals surface area contributed by atoms with Gasteiger partial charge in [-0.15, -0.1) is 0 Å². The second-order valence-electron chi connectivity index (χ2n) is 5.10. The lowest BCUT2D eigenvalue weighted by Gasteiger charge is -2.06. The summed E-state index contributed by atoms with van der Waals surface area (Å²) >= 11 is 0. The molecule has 0 fully saturated rings. The van der Waals surface area contributed by atoms with E-state index in [1.807, 2.05) is 12.1 Å². The van der Waals surface area contributed by atoms with Gasteiger partial charge in [0.05, 0.1) is 24.3 Å². The number of sulfonamides is 1. The summed E-state index contributed by atoms with van der Waals surface area (Å²) < 4.78 is 31.3. The van der Waals surface area contributed by atoms with Crippen molar-refractivity contribution in [3.63, 3.8) is 0 Å². The quantitative estimate of drug-likeness (QED) is 0.577. The van der Waals surface area contributed by atoms with Crippen LogP contribution in [0.15, 0.2) is 64.6 Å². The number of carbonyl (C=O) groups is 1. The van der Waals surface area contributed by atoms with E-state index >= 15 is 0 Å². The number of rotatable bonds is 7. The van der Waals surface area contributed by atoms with Crippen molar-refractivity contribution in [3.8, 4) is 5.75 Å². The molecule has 0 aliphatic rings. The fraction of sp³-hybridized carbons (Fsp3) is 0.176. The molecule has 0 bridgehead atoms. The fourth-order valence-electron chi connectivity index (χ4n) is 1.93. The molecule has 2 rings (SSSR count). The molecule has 0 aromatic heterocycles. The summed E-state index contributed by atoms with van der Waals surface area (Å²) in [6.45, 7) is 1.33. The number of amides is 1. The van der Waals surface area contributed by atoms with Crippen molar-refractivity contribution in [3.05, 3.63) is 60.2 Å². The maximum Gasteiger partial charge on any atom is 0.255 e.